The summed E-state index contributed by atoms with van der Waals surface area (Å²) in [6, 6.07) is 4.18. The number of ether oxygens (including phenoxy) is 1. The highest BCUT2D eigenvalue weighted by molar-refractivity contribution is 5.99. The van der Waals surface area contributed by atoms with E-state index in [-0.39, 0.29) is 11.8 Å². The minimum Gasteiger partial charge on any atom is -0.496 e. The highest BCUT2D eigenvalue weighted by atomic mass is 19.1. The van der Waals surface area contributed by atoms with Gasteiger partial charge in [0.25, 0.3) is 0 Å². The number of methoxy groups -OCH3 is 1. The summed E-state index contributed by atoms with van der Waals surface area (Å²) >= 11 is 0. The first-order valence-electron chi connectivity index (χ1n) is 6.39. The van der Waals surface area contributed by atoms with Crippen LogP contribution in [0.1, 0.15) is 16.8 Å². The maximum absolute atomic E-state index is 13.3. The molecule has 0 radical (unpaired) electrons. The molecule has 0 spiro atoms. The Morgan fingerprint density at radius 3 is 3.05 bits per heavy atom. The molecule has 5 heteroatoms. The van der Waals surface area contributed by atoms with E-state index in [9.17, 15) is 9.18 Å². The van der Waals surface area contributed by atoms with Crippen molar-refractivity contribution in [1.29, 1.82) is 0 Å². The van der Waals surface area contributed by atoms with Gasteiger partial charge in [0.05, 0.1) is 12.7 Å². The number of piperazine rings is 1. The van der Waals surface area contributed by atoms with Crippen molar-refractivity contribution in [2.75, 3.05) is 33.8 Å². The second kappa shape index (κ2) is 6.12. The third-order valence-corrected chi connectivity index (χ3v) is 3.53. The minimum absolute atomic E-state index is 0.0862. The lowest BCUT2D eigenvalue weighted by molar-refractivity contribution is 0.0914. The molecular formula is C14H19FN2O2. The van der Waals surface area contributed by atoms with Gasteiger partial charge in [-0.15, -0.1) is 0 Å². The molecule has 1 atom stereocenters. The molecule has 1 unspecified atom stereocenters. The van der Waals surface area contributed by atoms with Crippen LogP contribution in [0.25, 0.3) is 0 Å². The number of ketones is 1. The average molecular weight is 266 g/mol. The van der Waals surface area contributed by atoms with Crippen LogP contribution in [0.5, 0.6) is 5.75 Å². The Balaban J connectivity index is 2.13. The first kappa shape index (κ1) is 14.0. The number of hydrogen-bond donors (Lipinski definition) is 1. The van der Waals surface area contributed by atoms with Gasteiger partial charge in [-0.2, -0.15) is 0 Å². The maximum atomic E-state index is 13.3. The third kappa shape index (κ3) is 3.30. The smallest absolute Gasteiger partial charge is 0.168 e. The van der Waals surface area contributed by atoms with Gasteiger partial charge in [0, 0.05) is 32.1 Å². The lowest BCUT2D eigenvalue weighted by atomic mass is 10.0. The van der Waals surface area contributed by atoms with Gasteiger partial charge < -0.3 is 15.0 Å². The van der Waals surface area contributed by atoms with Crippen molar-refractivity contribution in [1.82, 2.24) is 10.2 Å². The number of carbonyl (C=O) groups is 1. The van der Waals surface area contributed by atoms with Gasteiger partial charge in [-0.3, -0.25) is 4.79 Å². The Hall–Kier alpha value is -1.46. The van der Waals surface area contributed by atoms with Crippen molar-refractivity contribution < 1.29 is 13.9 Å². The highest BCUT2D eigenvalue weighted by Gasteiger charge is 2.23. The Kier molecular flexibility index (Phi) is 4.50. The fraction of sp³-hybridized carbons (Fsp3) is 0.500. The molecule has 2 rings (SSSR count). The number of Topliss-reactive ketones (excluding diaryl/α,β-unsaturated/α-hetero) is 1. The van der Waals surface area contributed by atoms with Crippen molar-refractivity contribution >= 4 is 5.78 Å². The zero-order chi connectivity index (χ0) is 13.8. The van der Waals surface area contributed by atoms with E-state index in [0.29, 0.717) is 17.7 Å². The quantitative estimate of drug-likeness (QED) is 0.834. The number of nitrogens with zero attached hydrogens (tertiary/aromatic N) is 1. The molecule has 1 aromatic rings. The number of rotatable bonds is 4. The van der Waals surface area contributed by atoms with Gasteiger partial charge in [-0.25, -0.2) is 4.39 Å². The van der Waals surface area contributed by atoms with Crippen LogP contribution in [0.4, 0.5) is 4.39 Å². The molecule has 19 heavy (non-hydrogen) atoms. The number of carbonyl (C=O) groups excluding carboxylic acids is 1. The van der Waals surface area contributed by atoms with Crippen LogP contribution in [0.3, 0.4) is 0 Å². The molecule has 0 bridgehead atoms. The topological polar surface area (TPSA) is 41.6 Å². The minimum atomic E-state index is -0.417. The number of likely N-dealkylation sites (N-methyl/N-ethyl adjacent to an activating group) is 1. The van der Waals surface area contributed by atoms with Gasteiger partial charge in [0.15, 0.2) is 5.78 Å². The van der Waals surface area contributed by atoms with Gasteiger partial charge in [-0.05, 0) is 25.2 Å². The average Bonchev–Trinajstić information content (AvgIpc) is 2.41. The molecule has 1 aromatic carbocycles. The maximum Gasteiger partial charge on any atom is 0.168 e. The first-order valence-corrected chi connectivity index (χ1v) is 6.39. The molecule has 1 fully saturated rings. The van der Waals surface area contributed by atoms with E-state index < -0.39 is 5.82 Å². The van der Waals surface area contributed by atoms with Crippen LogP contribution < -0.4 is 10.1 Å². The van der Waals surface area contributed by atoms with Crippen LogP contribution in [-0.2, 0) is 0 Å². The van der Waals surface area contributed by atoms with Gasteiger partial charge in [-0.1, -0.05) is 0 Å². The molecular weight excluding hydrogens is 247 g/mol. The van der Waals surface area contributed by atoms with Crippen molar-refractivity contribution in [3.63, 3.8) is 0 Å². The van der Waals surface area contributed by atoms with Crippen molar-refractivity contribution in [3.05, 3.63) is 29.6 Å². The van der Waals surface area contributed by atoms with Crippen molar-refractivity contribution in [3.8, 4) is 5.75 Å². The third-order valence-electron chi connectivity index (χ3n) is 3.53. The van der Waals surface area contributed by atoms with Crippen LogP contribution >= 0.6 is 0 Å². The van der Waals surface area contributed by atoms with Crippen LogP contribution in [0.2, 0.25) is 0 Å². The largest absolute Gasteiger partial charge is 0.496 e. The van der Waals surface area contributed by atoms with Crippen molar-refractivity contribution in [2.45, 2.75) is 12.5 Å². The van der Waals surface area contributed by atoms with E-state index >= 15 is 0 Å². The number of halogens is 1. The summed E-state index contributed by atoms with van der Waals surface area (Å²) in [6.07, 6.45) is 0.364. The molecule has 1 N–H and O–H groups in total. The molecule has 0 amide bonds. The van der Waals surface area contributed by atoms with E-state index in [1.165, 1.54) is 25.3 Å². The van der Waals surface area contributed by atoms with E-state index in [1.807, 2.05) is 7.05 Å². The standard InChI is InChI=1S/C14H19FN2O2/c1-17-6-5-16-9-11(17)8-13(18)12-7-10(15)3-4-14(12)19-2/h3-4,7,11,16H,5-6,8-9H2,1-2H3. The van der Waals surface area contributed by atoms with E-state index in [1.54, 1.807) is 0 Å². The van der Waals surface area contributed by atoms with Gasteiger partial charge in [0.2, 0.25) is 0 Å². The lowest BCUT2D eigenvalue weighted by Gasteiger charge is -2.32. The summed E-state index contributed by atoms with van der Waals surface area (Å²) in [6.45, 7) is 2.63. The number of nitrogens with one attached hydrogen (secondary N) is 1. The normalized spacial score (nSPS) is 20.3. The lowest BCUT2D eigenvalue weighted by Crippen LogP contribution is -2.50. The zero-order valence-electron chi connectivity index (χ0n) is 11.3. The number of benzene rings is 1. The van der Waals surface area contributed by atoms with E-state index in [2.05, 4.69) is 10.2 Å². The second-order valence-electron chi connectivity index (χ2n) is 4.81. The summed E-state index contributed by atoms with van der Waals surface area (Å²) in [4.78, 5) is 14.4. The molecule has 104 valence electrons. The van der Waals surface area contributed by atoms with Crippen LogP contribution in [0, 0.1) is 5.82 Å². The molecule has 0 aromatic heterocycles. The first-order chi connectivity index (χ1) is 9.11. The molecule has 4 nitrogen and oxygen atoms in total. The monoisotopic (exact) mass is 266 g/mol. The predicted molar refractivity (Wildman–Crippen MR) is 71.2 cm³/mol. The summed E-state index contributed by atoms with van der Waals surface area (Å²) in [5, 5.41) is 3.26. The zero-order valence-corrected chi connectivity index (χ0v) is 11.3. The fourth-order valence-corrected chi connectivity index (χ4v) is 2.31. The highest BCUT2D eigenvalue weighted by Crippen LogP contribution is 2.22. The Labute approximate surface area is 112 Å². The summed E-state index contributed by atoms with van der Waals surface area (Å²) in [5.41, 5.74) is 0.321. The molecule has 0 saturated carbocycles. The molecule has 1 heterocycles. The Morgan fingerprint density at radius 2 is 2.37 bits per heavy atom. The predicted octanol–water partition coefficient (Wildman–Crippen LogP) is 1.31. The summed E-state index contributed by atoms with van der Waals surface area (Å²) in [5.74, 6) is -0.0750. The number of hydrogen-bond acceptors (Lipinski definition) is 4. The summed E-state index contributed by atoms with van der Waals surface area (Å²) in [7, 11) is 3.49. The SMILES string of the molecule is COc1ccc(F)cc1C(=O)CC1CNCCN1C. The molecule has 1 aliphatic rings. The molecule has 1 saturated heterocycles. The van der Waals surface area contributed by atoms with Crippen molar-refractivity contribution in [2.24, 2.45) is 0 Å². The fourth-order valence-electron chi connectivity index (χ4n) is 2.31. The van der Waals surface area contributed by atoms with E-state index in [0.717, 1.165) is 19.6 Å². The molecule has 0 aliphatic carbocycles. The Bertz CT molecular complexity index is 465. The Morgan fingerprint density at radius 1 is 1.58 bits per heavy atom. The van der Waals surface area contributed by atoms with E-state index in [4.69, 9.17) is 4.74 Å². The second-order valence-corrected chi connectivity index (χ2v) is 4.81. The van der Waals surface area contributed by atoms with Crippen LogP contribution in [-0.4, -0.2) is 50.5 Å². The van der Waals surface area contributed by atoms with Crippen LogP contribution in [0.15, 0.2) is 18.2 Å². The summed E-state index contributed by atoms with van der Waals surface area (Å²) < 4.78 is 18.4. The van der Waals surface area contributed by atoms with Gasteiger partial charge in [0.1, 0.15) is 11.6 Å². The molecule has 1 aliphatic heterocycles. The van der Waals surface area contributed by atoms with Gasteiger partial charge >= 0.3 is 0 Å².